The van der Waals surface area contributed by atoms with Crippen molar-refractivity contribution in [1.29, 1.82) is 0 Å². The molecule has 1 aliphatic rings. The van der Waals surface area contributed by atoms with Gasteiger partial charge < -0.3 is 5.32 Å². The van der Waals surface area contributed by atoms with Crippen LogP contribution in [0.1, 0.15) is 39.5 Å². The molecule has 0 radical (unpaired) electrons. The van der Waals surface area contributed by atoms with Gasteiger partial charge in [-0.1, -0.05) is 6.92 Å². The predicted octanol–water partition coefficient (Wildman–Crippen LogP) is 3.35. The molecule has 1 N–H and O–H groups in total. The van der Waals surface area contributed by atoms with E-state index in [1.807, 2.05) is 6.92 Å². The Bertz CT molecular complexity index is 183. The molecule has 0 bridgehead atoms. The van der Waals surface area contributed by atoms with Gasteiger partial charge in [0.1, 0.15) is 0 Å². The average molecular weight is 223 g/mol. The number of alkyl halides is 3. The van der Waals surface area contributed by atoms with E-state index in [-0.39, 0.29) is 0 Å². The van der Waals surface area contributed by atoms with Crippen LogP contribution in [0, 0.1) is 11.8 Å². The summed E-state index contributed by atoms with van der Waals surface area (Å²) in [5.74, 6) is -0.633. The van der Waals surface area contributed by atoms with E-state index in [1.165, 1.54) is 0 Å². The smallest absolute Gasteiger partial charge is 0.314 e. The summed E-state index contributed by atoms with van der Waals surface area (Å²) in [6, 6.07) is 0.351. The summed E-state index contributed by atoms with van der Waals surface area (Å²) in [6.45, 7) is 4.99. The van der Waals surface area contributed by atoms with E-state index in [0.717, 1.165) is 6.54 Å². The van der Waals surface area contributed by atoms with Gasteiger partial charge in [-0.05, 0) is 45.1 Å². The molecule has 0 aliphatic heterocycles. The summed E-state index contributed by atoms with van der Waals surface area (Å²) in [4.78, 5) is 0. The molecule has 0 saturated heterocycles. The van der Waals surface area contributed by atoms with E-state index in [0.29, 0.717) is 37.6 Å². The lowest BCUT2D eigenvalue weighted by Gasteiger charge is -2.33. The highest BCUT2D eigenvalue weighted by atomic mass is 19.4. The first-order valence-corrected chi connectivity index (χ1v) is 5.75. The molecule has 15 heavy (non-hydrogen) atoms. The van der Waals surface area contributed by atoms with E-state index >= 15 is 0 Å². The number of halogens is 3. The molecular formula is C11H20F3N. The second kappa shape index (κ2) is 5.19. The lowest BCUT2D eigenvalue weighted by atomic mass is 9.78. The van der Waals surface area contributed by atoms with Gasteiger partial charge in [0, 0.05) is 6.04 Å². The van der Waals surface area contributed by atoms with Crippen molar-refractivity contribution in [2.24, 2.45) is 11.8 Å². The SMILES string of the molecule is CCNC(C)C1CCC(C(F)(F)F)CC1. The predicted molar refractivity (Wildman–Crippen MR) is 54.6 cm³/mol. The van der Waals surface area contributed by atoms with Crippen LogP contribution in [0.2, 0.25) is 0 Å². The maximum atomic E-state index is 12.4. The minimum Gasteiger partial charge on any atom is -0.314 e. The molecule has 1 fully saturated rings. The Morgan fingerprint density at radius 2 is 1.73 bits per heavy atom. The fraction of sp³-hybridized carbons (Fsp3) is 1.00. The Hall–Kier alpha value is -0.250. The van der Waals surface area contributed by atoms with Gasteiger partial charge in [-0.2, -0.15) is 13.2 Å². The lowest BCUT2D eigenvalue weighted by molar-refractivity contribution is -0.184. The van der Waals surface area contributed by atoms with Crippen molar-refractivity contribution in [3.05, 3.63) is 0 Å². The molecule has 1 rings (SSSR count). The van der Waals surface area contributed by atoms with Crippen molar-refractivity contribution in [1.82, 2.24) is 5.32 Å². The Labute approximate surface area is 89.4 Å². The van der Waals surface area contributed by atoms with E-state index in [4.69, 9.17) is 0 Å². The number of hydrogen-bond acceptors (Lipinski definition) is 1. The normalized spacial score (nSPS) is 30.2. The standard InChI is InChI=1S/C11H20F3N/c1-3-15-8(2)9-4-6-10(7-5-9)11(12,13)14/h8-10,15H,3-7H2,1-2H3. The number of rotatable bonds is 3. The van der Waals surface area contributed by atoms with Crippen molar-refractivity contribution in [3.8, 4) is 0 Å². The average Bonchev–Trinajstić information content (AvgIpc) is 2.17. The van der Waals surface area contributed by atoms with Crippen molar-refractivity contribution < 1.29 is 13.2 Å². The summed E-state index contributed by atoms with van der Waals surface area (Å²) < 4.78 is 37.2. The van der Waals surface area contributed by atoms with Crippen LogP contribution in [0.4, 0.5) is 13.2 Å². The summed E-state index contributed by atoms with van der Waals surface area (Å²) >= 11 is 0. The van der Waals surface area contributed by atoms with Crippen molar-refractivity contribution in [3.63, 3.8) is 0 Å². The van der Waals surface area contributed by atoms with Gasteiger partial charge >= 0.3 is 6.18 Å². The van der Waals surface area contributed by atoms with E-state index in [1.54, 1.807) is 0 Å². The molecular weight excluding hydrogens is 203 g/mol. The van der Waals surface area contributed by atoms with Gasteiger partial charge in [0.05, 0.1) is 5.92 Å². The lowest BCUT2D eigenvalue weighted by Crippen LogP contribution is -2.37. The molecule has 0 spiro atoms. The second-order valence-corrected chi connectivity index (χ2v) is 4.50. The molecule has 0 aromatic heterocycles. The zero-order valence-corrected chi connectivity index (χ0v) is 9.40. The molecule has 0 aromatic carbocycles. The molecule has 4 heteroatoms. The summed E-state index contributed by atoms with van der Waals surface area (Å²) in [5.41, 5.74) is 0. The first-order valence-electron chi connectivity index (χ1n) is 5.75. The zero-order valence-electron chi connectivity index (χ0n) is 9.40. The van der Waals surface area contributed by atoms with Gasteiger partial charge in [0.2, 0.25) is 0 Å². The Morgan fingerprint density at radius 3 is 2.13 bits per heavy atom. The van der Waals surface area contributed by atoms with Crippen molar-refractivity contribution >= 4 is 0 Å². The Morgan fingerprint density at radius 1 is 1.20 bits per heavy atom. The zero-order chi connectivity index (χ0) is 11.5. The summed E-state index contributed by atoms with van der Waals surface area (Å²) in [5, 5.41) is 3.29. The topological polar surface area (TPSA) is 12.0 Å². The highest BCUT2D eigenvalue weighted by molar-refractivity contribution is 4.81. The molecule has 90 valence electrons. The van der Waals surface area contributed by atoms with Crippen LogP contribution in [0.5, 0.6) is 0 Å². The molecule has 0 heterocycles. The van der Waals surface area contributed by atoms with Crippen LogP contribution in [0.3, 0.4) is 0 Å². The molecule has 0 aromatic rings. The van der Waals surface area contributed by atoms with Crippen LogP contribution >= 0.6 is 0 Å². The maximum Gasteiger partial charge on any atom is 0.391 e. The third kappa shape index (κ3) is 3.67. The Kier molecular flexibility index (Phi) is 4.44. The van der Waals surface area contributed by atoms with Gasteiger partial charge in [0.15, 0.2) is 0 Å². The van der Waals surface area contributed by atoms with Gasteiger partial charge in [0.25, 0.3) is 0 Å². The molecule has 1 aliphatic carbocycles. The number of hydrogen-bond donors (Lipinski definition) is 1. The molecule has 0 amide bonds. The van der Waals surface area contributed by atoms with Gasteiger partial charge in [-0.15, -0.1) is 0 Å². The maximum absolute atomic E-state index is 12.4. The molecule has 1 unspecified atom stereocenters. The van der Waals surface area contributed by atoms with Crippen LogP contribution in [-0.2, 0) is 0 Å². The summed E-state index contributed by atoms with van der Waals surface area (Å²) in [7, 11) is 0. The fourth-order valence-electron chi connectivity index (χ4n) is 2.44. The van der Waals surface area contributed by atoms with Gasteiger partial charge in [-0.3, -0.25) is 0 Å². The Balaban J connectivity index is 2.36. The largest absolute Gasteiger partial charge is 0.391 e. The van der Waals surface area contributed by atoms with Gasteiger partial charge in [-0.25, -0.2) is 0 Å². The summed E-state index contributed by atoms with van der Waals surface area (Å²) in [6.07, 6.45) is -1.95. The first kappa shape index (κ1) is 12.8. The molecule has 1 saturated carbocycles. The van der Waals surface area contributed by atoms with Crippen molar-refractivity contribution in [2.75, 3.05) is 6.54 Å². The molecule has 1 nitrogen and oxygen atoms in total. The fourth-order valence-corrected chi connectivity index (χ4v) is 2.44. The number of nitrogens with one attached hydrogen (secondary N) is 1. The molecule has 1 atom stereocenters. The van der Waals surface area contributed by atoms with Crippen LogP contribution in [0.15, 0.2) is 0 Å². The minimum absolute atomic E-state index is 0.309. The van der Waals surface area contributed by atoms with Crippen LogP contribution in [-0.4, -0.2) is 18.8 Å². The second-order valence-electron chi connectivity index (χ2n) is 4.50. The highest BCUT2D eigenvalue weighted by Crippen LogP contribution is 2.40. The van der Waals surface area contributed by atoms with E-state index in [2.05, 4.69) is 12.2 Å². The minimum atomic E-state index is -3.98. The highest BCUT2D eigenvalue weighted by Gasteiger charge is 2.41. The van der Waals surface area contributed by atoms with Crippen molar-refractivity contribution in [2.45, 2.75) is 51.7 Å². The van der Waals surface area contributed by atoms with Crippen LogP contribution in [0.25, 0.3) is 0 Å². The third-order valence-electron chi connectivity index (χ3n) is 3.47. The third-order valence-corrected chi connectivity index (χ3v) is 3.47. The van der Waals surface area contributed by atoms with Crippen LogP contribution < -0.4 is 5.32 Å². The monoisotopic (exact) mass is 223 g/mol. The van der Waals surface area contributed by atoms with E-state index in [9.17, 15) is 13.2 Å². The first-order chi connectivity index (χ1) is 6.95. The van der Waals surface area contributed by atoms with E-state index < -0.39 is 12.1 Å². The quantitative estimate of drug-likeness (QED) is 0.773.